The summed E-state index contributed by atoms with van der Waals surface area (Å²) < 4.78 is 32.1. The van der Waals surface area contributed by atoms with Crippen molar-refractivity contribution in [1.29, 1.82) is 0 Å². The van der Waals surface area contributed by atoms with Gasteiger partial charge in [0.05, 0.1) is 4.90 Å². The van der Waals surface area contributed by atoms with Gasteiger partial charge in [-0.1, -0.05) is 40.7 Å². The molecule has 0 aromatic heterocycles. The number of nitrogens with one attached hydrogen (secondary N) is 1. The molecule has 34 heavy (non-hydrogen) atoms. The maximum absolute atomic E-state index is 12.9. The first kappa shape index (κ1) is 27.8. The molecular weight excluding hydrogens is 458 g/mol. The number of esters is 1. The molecule has 2 rings (SSSR count). The third-order valence-electron chi connectivity index (χ3n) is 6.12. The number of likely N-dealkylation sites (tertiary alicyclic amines) is 1. The Morgan fingerprint density at radius 3 is 2.32 bits per heavy atom. The highest BCUT2D eigenvalue weighted by Crippen LogP contribution is 2.18. The predicted octanol–water partition coefficient (Wildman–Crippen LogP) is 2.27. The molecule has 1 aliphatic rings. The zero-order valence-corrected chi connectivity index (χ0v) is 21.6. The number of hydrogen-bond donors (Lipinski definition) is 1. The minimum atomic E-state index is -3.73. The zero-order valence-electron chi connectivity index (χ0n) is 20.7. The average Bonchev–Trinajstić information content (AvgIpc) is 2.81. The molecule has 1 saturated heterocycles. The van der Waals surface area contributed by atoms with Crippen LogP contribution in [0.3, 0.4) is 0 Å². The van der Waals surface area contributed by atoms with Crippen LogP contribution in [0.1, 0.15) is 57.8 Å². The maximum atomic E-state index is 12.9. The average molecular weight is 496 g/mol. The van der Waals surface area contributed by atoms with Crippen LogP contribution >= 0.6 is 0 Å². The Bertz CT molecular complexity index is 967. The van der Waals surface area contributed by atoms with Gasteiger partial charge in [-0.3, -0.25) is 9.59 Å². The first-order chi connectivity index (χ1) is 16.0. The van der Waals surface area contributed by atoms with Gasteiger partial charge in [-0.15, -0.1) is 0 Å². The van der Waals surface area contributed by atoms with Gasteiger partial charge in [-0.25, -0.2) is 13.2 Å². The Kier molecular flexibility index (Phi) is 10.1. The van der Waals surface area contributed by atoms with Crippen molar-refractivity contribution in [1.82, 2.24) is 14.5 Å². The third kappa shape index (κ3) is 7.02. The number of ether oxygens (including phenoxy) is 1. The van der Waals surface area contributed by atoms with E-state index in [0.29, 0.717) is 32.1 Å². The molecule has 0 radical (unpaired) electrons. The van der Waals surface area contributed by atoms with E-state index in [1.165, 1.54) is 28.6 Å². The largest absolute Gasteiger partial charge is 0.454 e. The second-order valence-corrected chi connectivity index (χ2v) is 10.9. The van der Waals surface area contributed by atoms with E-state index in [-0.39, 0.29) is 28.9 Å². The molecule has 1 fully saturated rings. The monoisotopic (exact) mass is 495 g/mol. The van der Waals surface area contributed by atoms with Crippen molar-refractivity contribution in [2.45, 2.75) is 58.4 Å². The molecule has 1 aliphatic heterocycles. The molecule has 0 saturated carbocycles. The first-order valence-corrected chi connectivity index (χ1v) is 13.3. The summed E-state index contributed by atoms with van der Waals surface area (Å²) in [5.41, 5.74) is 0.116. The molecule has 1 aromatic carbocycles. The molecule has 1 N–H and O–H groups in total. The van der Waals surface area contributed by atoms with Gasteiger partial charge in [0.1, 0.15) is 6.04 Å². The third-order valence-corrected chi connectivity index (χ3v) is 8.17. The summed E-state index contributed by atoms with van der Waals surface area (Å²) in [5, 5.41) is 2.63. The van der Waals surface area contributed by atoms with E-state index in [4.69, 9.17) is 4.74 Å². The number of carbonyl (C=O) groups excluding carboxylic acids is 3. The van der Waals surface area contributed by atoms with E-state index in [2.05, 4.69) is 12.2 Å². The Labute approximate surface area is 202 Å². The molecule has 0 aliphatic carbocycles. The first-order valence-electron chi connectivity index (χ1n) is 11.9. The highest BCUT2D eigenvalue weighted by Gasteiger charge is 2.29. The van der Waals surface area contributed by atoms with Crippen molar-refractivity contribution in [2.24, 2.45) is 11.8 Å². The van der Waals surface area contributed by atoms with E-state index in [1.54, 1.807) is 32.6 Å². The van der Waals surface area contributed by atoms with Crippen LogP contribution < -0.4 is 5.32 Å². The highest BCUT2D eigenvalue weighted by molar-refractivity contribution is 7.89. The van der Waals surface area contributed by atoms with Crippen molar-refractivity contribution in [3.8, 4) is 0 Å². The lowest BCUT2D eigenvalue weighted by molar-refractivity contribution is -0.155. The molecule has 1 atom stereocenters. The minimum Gasteiger partial charge on any atom is -0.454 e. The maximum Gasteiger partial charge on any atom is 0.329 e. The lowest BCUT2D eigenvalue weighted by Crippen LogP contribution is -2.47. The van der Waals surface area contributed by atoms with Gasteiger partial charge < -0.3 is 15.0 Å². The lowest BCUT2D eigenvalue weighted by Gasteiger charge is -2.30. The van der Waals surface area contributed by atoms with Gasteiger partial charge >= 0.3 is 5.97 Å². The number of sulfonamides is 1. The molecule has 9 nitrogen and oxygen atoms in total. The minimum absolute atomic E-state index is 0.00831. The van der Waals surface area contributed by atoms with Crippen molar-refractivity contribution >= 4 is 27.8 Å². The molecule has 0 unspecified atom stereocenters. The second kappa shape index (κ2) is 12.3. The highest BCUT2D eigenvalue weighted by atomic mass is 32.2. The van der Waals surface area contributed by atoms with Crippen LogP contribution in [0.2, 0.25) is 0 Å². The fourth-order valence-corrected chi connectivity index (χ4v) is 5.31. The van der Waals surface area contributed by atoms with Crippen molar-refractivity contribution in [3.63, 3.8) is 0 Å². The predicted molar refractivity (Wildman–Crippen MR) is 129 cm³/mol. The number of amides is 2. The normalized spacial score (nSPS) is 15.9. The summed E-state index contributed by atoms with van der Waals surface area (Å²) in [5.74, 6) is -1.27. The Balaban J connectivity index is 2.06. The van der Waals surface area contributed by atoms with Crippen LogP contribution in [0.15, 0.2) is 29.2 Å². The van der Waals surface area contributed by atoms with Gasteiger partial charge in [-0.2, -0.15) is 4.31 Å². The molecule has 10 heteroatoms. The lowest BCUT2D eigenvalue weighted by atomic mass is 9.99. The number of rotatable bonds is 10. The fourth-order valence-electron chi connectivity index (χ4n) is 3.80. The summed E-state index contributed by atoms with van der Waals surface area (Å²) in [7, 11) is -3.73. The molecular formula is C24H37N3O6S. The van der Waals surface area contributed by atoms with E-state index in [0.717, 1.165) is 12.8 Å². The van der Waals surface area contributed by atoms with E-state index < -0.39 is 27.9 Å². The second-order valence-electron chi connectivity index (χ2n) is 8.98. The van der Waals surface area contributed by atoms with Crippen molar-refractivity contribution in [2.75, 3.05) is 32.8 Å². The topological polar surface area (TPSA) is 113 Å². The van der Waals surface area contributed by atoms with Crippen LogP contribution in [0.4, 0.5) is 0 Å². The van der Waals surface area contributed by atoms with Crippen LogP contribution in [0.25, 0.3) is 0 Å². The standard InChI is InChI=1S/C24H37N3O6S/c1-6-27(7-2)34(31,32)20-10-8-9-19(15-20)23(29)25-22(17(3)4)24(30)33-16-21(28)26-13-11-18(5)12-14-26/h8-10,15,17-18,22H,6-7,11-14,16H2,1-5H3,(H,25,29)/t22-/m0/s1. The van der Waals surface area contributed by atoms with Gasteiger partial charge in [0, 0.05) is 31.7 Å². The Morgan fingerprint density at radius 1 is 1.15 bits per heavy atom. The van der Waals surface area contributed by atoms with Gasteiger partial charge in [0.15, 0.2) is 6.61 Å². The van der Waals surface area contributed by atoms with Crippen molar-refractivity contribution < 1.29 is 27.5 Å². The van der Waals surface area contributed by atoms with Crippen LogP contribution in [-0.2, 0) is 24.3 Å². The molecule has 1 heterocycles. The summed E-state index contributed by atoms with van der Waals surface area (Å²) in [6.45, 7) is 10.7. The van der Waals surface area contributed by atoms with Crippen LogP contribution in [0, 0.1) is 11.8 Å². The van der Waals surface area contributed by atoms with Gasteiger partial charge in [0.25, 0.3) is 11.8 Å². The number of benzene rings is 1. The fraction of sp³-hybridized carbons (Fsp3) is 0.625. The summed E-state index contributed by atoms with van der Waals surface area (Å²) in [4.78, 5) is 39.6. The summed E-state index contributed by atoms with van der Waals surface area (Å²) in [6.07, 6.45) is 1.85. The van der Waals surface area contributed by atoms with Crippen molar-refractivity contribution in [3.05, 3.63) is 29.8 Å². The molecule has 2 amide bonds. The molecule has 1 aromatic rings. The van der Waals surface area contributed by atoms with Gasteiger partial charge in [-0.05, 0) is 42.9 Å². The summed E-state index contributed by atoms with van der Waals surface area (Å²) >= 11 is 0. The SMILES string of the molecule is CCN(CC)S(=O)(=O)c1cccc(C(=O)N[C@H](C(=O)OCC(=O)N2CCC(C)CC2)C(C)C)c1. The Hall–Kier alpha value is -2.46. The van der Waals surface area contributed by atoms with Gasteiger partial charge in [0.2, 0.25) is 10.0 Å². The number of nitrogens with zero attached hydrogens (tertiary/aromatic N) is 2. The number of carbonyl (C=O) groups is 3. The quantitative estimate of drug-likeness (QED) is 0.498. The summed E-state index contributed by atoms with van der Waals surface area (Å²) in [6, 6.07) is 4.73. The van der Waals surface area contributed by atoms with E-state index >= 15 is 0 Å². The molecule has 0 bridgehead atoms. The molecule has 0 spiro atoms. The van der Waals surface area contributed by atoms with E-state index in [1.807, 2.05) is 0 Å². The van der Waals surface area contributed by atoms with E-state index in [9.17, 15) is 22.8 Å². The van der Waals surface area contributed by atoms with Crippen LogP contribution in [-0.4, -0.2) is 74.2 Å². The number of piperidine rings is 1. The molecule has 190 valence electrons. The Morgan fingerprint density at radius 2 is 1.76 bits per heavy atom. The van der Waals surface area contributed by atoms with Crippen LogP contribution in [0.5, 0.6) is 0 Å². The number of hydrogen-bond acceptors (Lipinski definition) is 6. The zero-order chi connectivity index (χ0) is 25.5. The smallest absolute Gasteiger partial charge is 0.329 e.